The number of benzene rings is 4. The molecule has 4 aromatic carbocycles. The zero-order valence-electron chi connectivity index (χ0n) is 57.8. The molecular weight excluding hydrogens is 1500 g/mol. The van der Waals surface area contributed by atoms with Gasteiger partial charge >= 0.3 is 23.9 Å². The monoisotopic (exact) mass is 1590 g/mol. The number of phenolic OH excluding ortho intramolecular Hbond substituents is 2. The number of carboxylic acid groups (broad SMARTS) is 3. The number of nitrogens with two attached hydrogens (primary N) is 4. The number of aliphatic carboxylic acids is 3. The summed E-state index contributed by atoms with van der Waals surface area (Å²) in [7, 11) is 1.73. The zero-order chi connectivity index (χ0) is 76.9. The van der Waals surface area contributed by atoms with Crippen molar-refractivity contribution in [1.29, 1.82) is 0 Å². The maximum absolute atomic E-state index is 15.3. The molecule has 0 spiro atoms. The van der Waals surface area contributed by atoms with Gasteiger partial charge in [-0.15, -0.1) is 0 Å². The van der Waals surface area contributed by atoms with Crippen LogP contribution in [0.15, 0.2) is 97.1 Å². The van der Waals surface area contributed by atoms with Crippen molar-refractivity contribution in [1.82, 2.24) is 57.2 Å². The molecule has 0 saturated carbocycles. The zero-order valence-corrected chi connectivity index (χ0v) is 61.2. The van der Waals surface area contributed by atoms with E-state index in [0.717, 1.165) is 21.6 Å². The van der Waals surface area contributed by atoms with Crippen molar-refractivity contribution in [2.75, 3.05) is 75.7 Å². The van der Waals surface area contributed by atoms with Gasteiger partial charge in [0, 0.05) is 117 Å². The Morgan fingerprint density at radius 3 is 1.58 bits per heavy atom. The summed E-state index contributed by atoms with van der Waals surface area (Å²) in [6.45, 7) is 1.23. The van der Waals surface area contributed by atoms with Crippen LogP contribution >= 0.6 is 33.2 Å². The average molecular weight is 1590 g/mol. The van der Waals surface area contributed by atoms with Crippen LogP contribution in [0.5, 0.6) is 11.5 Å². The molecule has 0 unspecified atom stereocenters. The van der Waals surface area contributed by atoms with Crippen LogP contribution in [0.4, 0.5) is 10.5 Å². The second kappa shape index (κ2) is 44.0. The first-order valence-electron chi connectivity index (χ1n) is 33.7. The predicted octanol–water partition coefficient (Wildman–Crippen LogP) is -1.93. The number of rotatable bonds is 29. The standard InChI is InChI=1S/C68H91ClN16O18S2.Cu/c1-38(71)58-66(100)81-53(64(98)77-48(59(72)93)30-41-9-17-45(86)18-10-41)37-105-104-36-52(80-61(95)49(31-39-5-13-43(69)14-6-39)75-55(88)22-21-54(67(101)102)85-28-26-83(34-56(89)90)24-25-84(27-29-85)35-57(91)92)65(99)79-51(33-42-11-19-46(87)20-12-42)63(97)78-50(32-40-7-15-44(16-8-40)74-68(73)103)62(96)76-47(60(94)82-58)4-2-3-23-70;/h5-20,38,47-54,58,86-87H,2-4,21-37,70-71H2,1H3,(H2,72,93)(H,75,88)(H,76,96)(H,77,98)(H,78,97)(H,79,99)(H,80,95)(H,81,100)(H,82,94)(H,89,90)(H,91,92)(H,101,102)(H3,73,74,103);/t38-,47+,48-,49-,50-,51+,52+,53+,54-,58+;/m1./s1/i;1+3. The van der Waals surface area contributed by atoms with Crippen molar-refractivity contribution in [3.05, 3.63) is 124 Å². The summed E-state index contributed by atoms with van der Waals surface area (Å²) in [5, 5.41) is 74.1. The number of amides is 11. The molecule has 0 aromatic heterocycles. The first-order chi connectivity index (χ1) is 49.9. The minimum atomic E-state index is -1.71. The number of hydrogen-bond acceptors (Lipinski definition) is 22. The maximum atomic E-state index is 15.3. The second-order valence-electron chi connectivity index (χ2n) is 25.3. The number of unbranched alkanes of at least 4 members (excludes halogenated alkanes) is 1. The molecule has 11 amide bonds. The van der Waals surface area contributed by atoms with Gasteiger partial charge in [-0.2, -0.15) is 0 Å². The van der Waals surface area contributed by atoms with E-state index >= 15 is 14.4 Å². The fraction of sp³-hybridized carbons (Fsp3) is 0.456. The molecular formula is C68H91ClCuN16O18S2. The van der Waals surface area contributed by atoms with Crippen molar-refractivity contribution >= 4 is 116 Å². The van der Waals surface area contributed by atoms with E-state index in [0.29, 0.717) is 33.7 Å². The first-order valence-corrected chi connectivity index (χ1v) is 36.5. The van der Waals surface area contributed by atoms with Crippen LogP contribution in [-0.4, -0.2) is 248 Å². The molecule has 2 aliphatic heterocycles. The Labute approximate surface area is 634 Å². The quantitative estimate of drug-likeness (QED) is 0.0160. The number of nitrogens with zero attached hydrogens (tertiary/aromatic N) is 3. The molecule has 0 aliphatic carbocycles. The van der Waals surface area contributed by atoms with Gasteiger partial charge < -0.3 is 96.3 Å². The second-order valence-corrected chi connectivity index (χ2v) is 28.3. The molecule has 10 atom stereocenters. The number of halogens is 1. The SMILES string of the molecule is C[C@@H](N)[C@@H]1NC(=O)[C@H](CCCCN)NC(=O)[C@@H](Cc2ccc(NC(N)=O)cc2)NC(=O)[C@H](Cc2ccc(O)cc2)NC(=O)[C@@H](NC(=O)[C@@H](Cc2ccc(Cl)cc2)NC(=O)CC[C@H](C(=O)O)N2CCN(CC(=O)O)CCN(CC(=O)O)CC2)CSSC[C@@H](C(=O)N[C@H](Cc2ccc(O)cc2)C(N)=O)NC1=O.[67Cu]. The summed E-state index contributed by atoms with van der Waals surface area (Å²) in [5.74, 6) is -13.5. The van der Waals surface area contributed by atoms with Crippen LogP contribution < -0.4 is 70.8 Å². The van der Waals surface area contributed by atoms with E-state index in [-0.39, 0.29) is 125 Å². The summed E-state index contributed by atoms with van der Waals surface area (Å²) in [5.41, 5.74) is 25.3. The number of carbonyl (C=O) groups excluding carboxylic acids is 10. The Balaban J connectivity index is 0.0000202. The molecule has 38 heteroatoms. The summed E-state index contributed by atoms with van der Waals surface area (Å²) >= 11 is 6.26. The largest absolute Gasteiger partial charge is 0.508 e. The third-order valence-electron chi connectivity index (χ3n) is 17.1. The Morgan fingerprint density at radius 1 is 0.594 bits per heavy atom. The van der Waals surface area contributed by atoms with Crippen molar-refractivity contribution in [3.8, 4) is 11.5 Å². The Morgan fingerprint density at radius 2 is 1.08 bits per heavy atom. The number of anilines is 1. The molecule has 2 heterocycles. The Hall–Kier alpha value is -9.30. The smallest absolute Gasteiger partial charge is 0.320 e. The van der Waals surface area contributed by atoms with Crippen LogP contribution in [-0.2, 0) is 100 Å². The summed E-state index contributed by atoms with van der Waals surface area (Å²) in [4.78, 5) is 185. The fourth-order valence-corrected chi connectivity index (χ4v) is 13.8. The van der Waals surface area contributed by atoms with E-state index in [1.807, 2.05) is 0 Å². The molecule has 0 bridgehead atoms. The summed E-state index contributed by atoms with van der Waals surface area (Å²) in [6.07, 6.45) is -1.47. The van der Waals surface area contributed by atoms with Gasteiger partial charge in [-0.1, -0.05) is 81.7 Å². The number of nitrogens with one attached hydrogen (secondary N) is 9. The van der Waals surface area contributed by atoms with E-state index in [1.165, 1.54) is 107 Å². The van der Waals surface area contributed by atoms with Crippen LogP contribution in [0.1, 0.15) is 61.3 Å². The number of carbonyl (C=O) groups is 13. The number of aromatic hydroxyl groups is 2. The van der Waals surface area contributed by atoms with Gasteiger partial charge in [-0.25, -0.2) is 4.79 Å². The molecule has 581 valence electrons. The molecule has 6 rings (SSSR count). The van der Waals surface area contributed by atoms with Gasteiger partial charge in [-0.3, -0.25) is 72.2 Å². The van der Waals surface area contributed by atoms with Gasteiger partial charge in [0.1, 0.15) is 65.9 Å². The molecule has 2 fully saturated rings. The predicted molar refractivity (Wildman–Crippen MR) is 389 cm³/mol. The average Bonchev–Trinajstić information content (AvgIpc) is 1.10. The van der Waals surface area contributed by atoms with Crippen molar-refractivity contribution in [3.63, 3.8) is 0 Å². The van der Waals surface area contributed by atoms with E-state index in [2.05, 4.69) is 47.9 Å². The third kappa shape index (κ3) is 29.9. The van der Waals surface area contributed by atoms with Crippen LogP contribution in [0, 0.1) is 0 Å². The summed E-state index contributed by atoms with van der Waals surface area (Å²) in [6, 6.07) is 7.25. The van der Waals surface area contributed by atoms with Crippen LogP contribution in [0.2, 0.25) is 5.02 Å². The number of carboxylic acids is 3. The van der Waals surface area contributed by atoms with Crippen LogP contribution in [0.3, 0.4) is 0 Å². The third-order valence-corrected chi connectivity index (χ3v) is 19.8. The van der Waals surface area contributed by atoms with Crippen molar-refractivity contribution < 1.29 is 105 Å². The van der Waals surface area contributed by atoms with E-state index in [9.17, 15) is 73.5 Å². The molecule has 4 aromatic rings. The van der Waals surface area contributed by atoms with Gasteiger partial charge in [0.2, 0.25) is 53.2 Å². The number of phenols is 2. The molecule has 1 radical (unpaired) electrons. The van der Waals surface area contributed by atoms with Crippen molar-refractivity contribution in [2.45, 2.75) is 125 Å². The van der Waals surface area contributed by atoms with E-state index < -0.39 is 169 Å². The van der Waals surface area contributed by atoms with Crippen molar-refractivity contribution in [2.24, 2.45) is 22.9 Å². The molecule has 34 nitrogen and oxygen atoms in total. The normalized spacial score (nSPS) is 20.5. The van der Waals surface area contributed by atoms with Gasteiger partial charge in [-0.05, 0) is 110 Å². The van der Waals surface area contributed by atoms with Gasteiger partial charge in [0.25, 0.3) is 0 Å². The molecule has 106 heavy (non-hydrogen) atoms. The number of primary amides is 2. The fourth-order valence-electron chi connectivity index (χ4n) is 11.4. The maximum Gasteiger partial charge on any atom is 0.320 e. The Bertz CT molecular complexity index is 3640. The summed E-state index contributed by atoms with van der Waals surface area (Å²) < 4.78 is 0. The number of urea groups is 1. The Kier molecular flexibility index (Phi) is 36.2. The minimum Gasteiger partial charge on any atom is -0.508 e. The van der Waals surface area contributed by atoms with Gasteiger partial charge in [0.05, 0.1) is 13.1 Å². The molecule has 2 saturated heterocycles. The van der Waals surface area contributed by atoms with E-state index in [4.69, 9.17) is 34.5 Å². The van der Waals surface area contributed by atoms with Gasteiger partial charge in [0.15, 0.2) is 0 Å². The first kappa shape index (κ1) is 87.3. The molecule has 2 aliphatic rings. The number of hydrogen-bond donors (Lipinski definition) is 18. The minimum absolute atomic E-state index is 0. The van der Waals surface area contributed by atoms with E-state index in [1.54, 1.807) is 12.1 Å². The topological polar surface area (TPSA) is 545 Å². The molecule has 22 N–H and O–H groups in total. The van der Waals surface area contributed by atoms with Crippen LogP contribution in [0.25, 0.3) is 0 Å².